The molecular formula is C23H22N4O5. The molecule has 0 bridgehead atoms. The fourth-order valence-electron chi connectivity index (χ4n) is 2.99. The number of amides is 1. The quantitative estimate of drug-likeness (QED) is 0.454. The molecule has 0 spiro atoms. The third-order valence-electron chi connectivity index (χ3n) is 4.61. The first-order chi connectivity index (χ1) is 15.6. The van der Waals surface area contributed by atoms with Crippen molar-refractivity contribution in [2.45, 2.75) is 6.54 Å². The Morgan fingerprint density at radius 3 is 2.53 bits per heavy atom. The number of carbonyl (C=O) groups excluding carboxylic acids is 1. The molecule has 0 atom stereocenters. The van der Waals surface area contributed by atoms with Gasteiger partial charge in [0.1, 0.15) is 11.5 Å². The lowest BCUT2D eigenvalue weighted by Crippen LogP contribution is -2.36. The zero-order valence-corrected chi connectivity index (χ0v) is 17.6. The number of guanidine groups is 1. The van der Waals surface area contributed by atoms with E-state index in [-0.39, 0.29) is 25.2 Å². The average Bonchev–Trinajstić information content (AvgIpc) is 3.30. The monoisotopic (exact) mass is 434 g/mol. The molecule has 2 N–H and O–H groups in total. The predicted octanol–water partition coefficient (Wildman–Crippen LogP) is 3.23. The normalized spacial score (nSPS) is 12.2. The van der Waals surface area contributed by atoms with Crippen molar-refractivity contribution in [3.05, 3.63) is 72.1 Å². The first kappa shape index (κ1) is 21.0. The molecule has 164 valence electrons. The van der Waals surface area contributed by atoms with E-state index in [0.29, 0.717) is 34.2 Å². The summed E-state index contributed by atoms with van der Waals surface area (Å²) >= 11 is 0. The summed E-state index contributed by atoms with van der Waals surface area (Å²) in [5.41, 5.74) is 1.80. The standard InChI is InChI=1S/C23H22N4O5/c1-29-18-9-15(10-19(12-18)30-2)22(28)27-23(25-13-17-5-3-4-8-24-17)26-16-6-7-20-21(11-16)32-14-31-20/h3-12H,13-14H2,1-2H3,(H2,25,26,27,28). The summed E-state index contributed by atoms with van der Waals surface area (Å²) in [6, 6.07) is 15.9. The van der Waals surface area contributed by atoms with Gasteiger partial charge in [-0.1, -0.05) is 6.07 Å². The molecule has 0 saturated heterocycles. The van der Waals surface area contributed by atoms with Crippen molar-refractivity contribution in [2.24, 2.45) is 4.99 Å². The number of nitrogens with one attached hydrogen (secondary N) is 2. The van der Waals surface area contributed by atoms with Crippen molar-refractivity contribution in [1.29, 1.82) is 0 Å². The number of pyridine rings is 1. The van der Waals surface area contributed by atoms with Gasteiger partial charge in [0.15, 0.2) is 11.5 Å². The third kappa shape index (κ3) is 5.07. The molecule has 1 aliphatic heterocycles. The van der Waals surface area contributed by atoms with Crippen molar-refractivity contribution in [1.82, 2.24) is 10.3 Å². The summed E-state index contributed by atoms with van der Waals surface area (Å²) in [6.07, 6.45) is 1.69. The summed E-state index contributed by atoms with van der Waals surface area (Å²) in [5.74, 6) is 2.16. The molecule has 32 heavy (non-hydrogen) atoms. The van der Waals surface area contributed by atoms with Crippen LogP contribution in [-0.2, 0) is 6.54 Å². The fourth-order valence-corrected chi connectivity index (χ4v) is 2.99. The molecule has 4 rings (SSSR count). The van der Waals surface area contributed by atoms with Gasteiger partial charge in [0.05, 0.1) is 26.5 Å². The smallest absolute Gasteiger partial charge is 0.258 e. The largest absolute Gasteiger partial charge is 0.497 e. The zero-order chi connectivity index (χ0) is 22.3. The van der Waals surface area contributed by atoms with Crippen molar-refractivity contribution in [3.63, 3.8) is 0 Å². The lowest BCUT2D eigenvalue weighted by Gasteiger charge is -2.13. The number of benzene rings is 2. The number of hydrogen-bond donors (Lipinski definition) is 2. The van der Waals surface area contributed by atoms with Crippen molar-refractivity contribution in [3.8, 4) is 23.0 Å². The molecular weight excluding hydrogens is 412 g/mol. The predicted molar refractivity (Wildman–Crippen MR) is 119 cm³/mol. The number of fused-ring (bicyclic) bond motifs is 1. The van der Waals surface area contributed by atoms with Gasteiger partial charge < -0.3 is 24.3 Å². The Morgan fingerprint density at radius 2 is 1.81 bits per heavy atom. The molecule has 2 heterocycles. The highest BCUT2D eigenvalue weighted by molar-refractivity contribution is 6.10. The van der Waals surface area contributed by atoms with Crippen molar-refractivity contribution in [2.75, 3.05) is 26.3 Å². The number of nitrogens with zero attached hydrogens (tertiary/aromatic N) is 2. The van der Waals surface area contributed by atoms with Gasteiger partial charge in [0.25, 0.3) is 5.91 Å². The Morgan fingerprint density at radius 1 is 1.03 bits per heavy atom. The van der Waals surface area contributed by atoms with E-state index in [1.807, 2.05) is 24.3 Å². The van der Waals surface area contributed by atoms with Gasteiger partial charge in [0.2, 0.25) is 12.8 Å². The summed E-state index contributed by atoms with van der Waals surface area (Å²) in [6.45, 7) is 0.448. The van der Waals surface area contributed by atoms with E-state index in [0.717, 1.165) is 5.69 Å². The first-order valence-electron chi connectivity index (χ1n) is 9.80. The van der Waals surface area contributed by atoms with E-state index >= 15 is 0 Å². The molecule has 1 amide bonds. The van der Waals surface area contributed by atoms with Crippen LogP contribution in [0.5, 0.6) is 23.0 Å². The molecule has 9 heteroatoms. The molecule has 0 fully saturated rings. The Labute approximate surface area is 185 Å². The van der Waals surface area contributed by atoms with Gasteiger partial charge >= 0.3 is 0 Å². The molecule has 0 radical (unpaired) electrons. The Bertz CT molecular complexity index is 1110. The van der Waals surface area contributed by atoms with Crippen LogP contribution in [0.1, 0.15) is 16.1 Å². The zero-order valence-electron chi connectivity index (χ0n) is 17.6. The second kappa shape index (κ2) is 9.69. The van der Waals surface area contributed by atoms with E-state index < -0.39 is 0 Å². The fraction of sp³-hybridized carbons (Fsp3) is 0.174. The average molecular weight is 434 g/mol. The summed E-state index contributed by atoms with van der Waals surface area (Å²) < 4.78 is 21.3. The lowest BCUT2D eigenvalue weighted by molar-refractivity contribution is 0.0976. The van der Waals surface area contributed by atoms with Gasteiger partial charge in [-0.25, -0.2) is 4.99 Å². The van der Waals surface area contributed by atoms with Gasteiger partial charge in [-0.2, -0.15) is 0 Å². The van der Waals surface area contributed by atoms with Gasteiger partial charge in [-0.3, -0.25) is 15.1 Å². The number of rotatable bonds is 6. The number of ether oxygens (including phenoxy) is 4. The van der Waals surface area contributed by atoms with E-state index in [4.69, 9.17) is 18.9 Å². The molecule has 2 aromatic carbocycles. The second-order valence-corrected chi connectivity index (χ2v) is 6.73. The van der Waals surface area contributed by atoms with Crippen LogP contribution in [0.2, 0.25) is 0 Å². The number of hydrogen-bond acceptors (Lipinski definition) is 7. The lowest BCUT2D eigenvalue weighted by atomic mass is 10.2. The van der Waals surface area contributed by atoms with Crippen LogP contribution in [0.25, 0.3) is 0 Å². The van der Waals surface area contributed by atoms with Crippen LogP contribution in [0, 0.1) is 0 Å². The maximum absolute atomic E-state index is 13.0. The van der Waals surface area contributed by atoms with E-state index in [9.17, 15) is 4.79 Å². The minimum absolute atomic E-state index is 0.174. The topological polar surface area (TPSA) is 103 Å². The molecule has 9 nitrogen and oxygen atoms in total. The highest BCUT2D eigenvalue weighted by atomic mass is 16.7. The number of methoxy groups -OCH3 is 2. The molecule has 1 aromatic heterocycles. The Hall–Kier alpha value is -4.27. The number of anilines is 1. The molecule has 3 aromatic rings. The van der Waals surface area contributed by atoms with E-state index in [2.05, 4.69) is 20.6 Å². The maximum atomic E-state index is 13.0. The minimum atomic E-state index is -0.379. The van der Waals surface area contributed by atoms with E-state index in [1.165, 1.54) is 14.2 Å². The molecule has 0 saturated carbocycles. The first-order valence-corrected chi connectivity index (χ1v) is 9.80. The van der Waals surface area contributed by atoms with Gasteiger partial charge in [-0.05, 0) is 36.4 Å². The molecule has 1 aliphatic rings. The summed E-state index contributed by atoms with van der Waals surface area (Å²) in [5, 5.41) is 5.94. The molecule has 0 aliphatic carbocycles. The Balaban J connectivity index is 1.58. The number of aliphatic imine (C=N–C) groups is 1. The summed E-state index contributed by atoms with van der Waals surface area (Å²) in [7, 11) is 3.05. The van der Waals surface area contributed by atoms with Crippen molar-refractivity contribution < 1.29 is 23.7 Å². The minimum Gasteiger partial charge on any atom is -0.497 e. The van der Waals surface area contributed by atoms with Crippen LogP contribution in [-0.4, -0.2) is 37.9 Å². The van der Waals surface area contributed by atoms with Crippen LogP contribution in [0.15, 0.2) is 65.8 Å². The Kier molecular flexibility index (Phi) is 6.35. The van der Waals surface area contributed by atoms with Crippen LogP contribution >= 0.6 is 0 Å². The van der Waals surface area contributed by atoms with Crippen LogP contribution < -0.4 is 29.6 Å². The third-order valence-corrected chi connectivity index (χ3v) is 4.61. The van der Waals surface area contributed by atoms with E-state index in [1.54, 1.807) is 36.5 Å². The second-order valence-electron chi connectivity index (χ2n) is 6.73. The SMILES string of the molecule is COc1cc(OC)cc(C(=O)NC(=NCc2ccccn2)Nc2ccc3c(c2)OCO3)c1. The van der Waals surface area contributed by atoms with Gasteiger partial charge in [0, 0.05) is 29.6 Å². The summed E-state index contributed by atoms with van der Waals surface area (Å²) in [4.78, 5) is 21.8. The highest BCUT2D eigenvalue weighted by Crippen LogP contribution is 2.34. The highest BCUT2D eigenvalue weighted by Gasteiger charge is 2.16. The van der Waals surface area contributed by atoms with Crippen LogP contribution in [0.4, 0.5) is 5.69 Å². The number of aromatic nitrogens is 1. The molecule has 0 unspecified atom stereocenters. The van der Waals surface area contributed by atoms with Crippen molar-refractivity contribution >= 4 is 17.6 Å². The maximum Gasteiger partial charge on any atom is 0.258 e. The van der Waals surface area contributed by atoms with Crippen LogP contribution in [0.3, 0.4) is 0 Å². The van der Waals surface area contributed by atoms with Gasteiger partial charge in [-0.15, -0.1) is 0 Å². The number of carbonyl (C=O) groups is 1.